The lowest BCUT2D eigenvalue weighted by Crippen LogP contribution is -2.39. The molecule has 8 heteroatoms. The number of benzene rings is 1. The fourth-order valence-corrected chi connectivity index (χ4v) is 5.54. The molecule has 3 aliphatic rings. The van der Waals surface area contributed by atoms with Crippen LogP contribution < -0.4 is 10.6 Å². The van der Waals surface area contributed by atoms with Crippen LogP contribution in [0.1, 0.15) is 37.7 Å². The average Bonchev–Trinajstić information content (AvgIpc) is 2.75. The van der Waals surface area contributed by atoms with Crippen molar-refractivity contribution < 1.29 is 13.2 Å². The van der Waals surface area contributed by atoms with E-state index in [1.165, 1.54) is 0 Å². The normalized spacial score (nSPS) is 26.8. The van der Waals surface area contributed by atoms with E-state index in [1.54, 1.807) is 22.5 Å². The second-order valence-electron chi connectivity index (χ2n) is 7.01. The molecule has 3 heterocycles. The Bertz CT molecular complexity index is 768. The van der Waals surface area contributed by atoms with Crippen LogP contribution in [0.15, 0.2) is 23.1 Å². The standard InChI is InChI=1S/C17H23N3O3S.ClH/c21-17-3-1-2-12-10-15(6-7-16(12)19-17)24(22,23)20-9-8-13-4-5-14(11-20)18-13;/h6-7,10,13-14,18H,1-5,8-9,11H2,(H,19,21);1H. The monoisotopic (exact) mass is 385 g/mol. The average molecular weight is 386 g/mol. The molecule has 2 bridgehead atoms. The van der Waals surface area contributed by atoms with Crippen LogP contribution in [0.25, 0.3) is 0 Å². The number of aryl methyl sites for hydroxylation is 1. The summed E-state index contributed by atoms with van der Waals surface area (Å²) < 4.78 is 27.8. The second-order valence-corrected chi connectivity index (χ2v) is 8.95. The van der Waals surface area contributed by atoms with Gasteiger partial charge >= 0.3 is 0 Å². The Kier molecular flexibility index (Phi) is 5.39. The molecule has 2 saturated heterocycles. The smallest absolute Gasteiger partial charge is 0.243 e. The minimum atomic E-state index is -3.49. The summed E-state index contributed by atoms with van der Waals surface area (Å²) in [4.78, 5) is 12.0. The highest BCUT2D eigenvalue weighted by atomic mass is 35.5. The van der Waals surface area contributed by atoms with Gasteiger partial charge in [0.25, 0.3) is 0 Å². The molecule has 1 amide bonds. The summed E-state index contributed by atoms with van der Waals surface area (Å²) in [6, 6.07) is 5.82. The minimum absolute atomic E-state index is 0. The lowest BCUT2D eigenvalue weighted by atomic mass is 10.1. The highest BCUT2D eigenvalue weighted by molar-refractivity contribution is 7.89. The summed E-state index contributed by atoms with van der Waals surface area (Å²) in [6.45, 7) is 1.12. The number of hydrogen-bond donors (Lipinski definition) is 2. The van der Waals surface area contributed by atoms with Crippen molar-refractivity contribution in [2.75, 3.05) is 18.4 Å². The minimum Gasteiger partial charge on any atom is -0.326 e. The van der Waals surface area contributed by atoms with Crippen LogP contribution in [-0.2, 0) is 21.2 Å². The van der Waals surface area contributed by atoms with Crippen molar-refractivity contribution in [2.45, 2.75) is 55.5 Å². The van der Waals surface area contributed by atoms with Crippen molar-refractivity contribution >= 4 is 34.0 Å². The third-order valence-electron chi connectivity index (χ3n) is 5.32. The zero-order valence-electron chi connectivity index (χ0n) is 14.0. The van der Waals surface area contributed by atoms with Gasteiger partial charge in [-0.15, -0.1) is 12.4 Å². The summed E-state index contributed by atoms with van der Waals surface area (Å²) >= 11 is 0. The van der Waals surface area contributed by atoms with E-state index in [1.807, 2.05) is 0 Å². The van der Waals surface area contributed by atoms with Gasteiger partial charge < -0.3 is 10.6 Å². The van der Waals surface area contributed by atoms with E-state index in [9.17, 15) is 13.2 Å². The molecule has 3 aliphatic heterocycles. The zero-order valence-corrected chi connectivity index (χ0v) is 15.7. The number of carbonyl (C=O) groups excluding carboxylic acids is 1. The van der Waals surface area contributed by atoms with Crippen molar-refractivity contribution in [3.05, 3.63) is 23.8 Å². The van der Waals surface area contributed by atoms with Gasteiger partial charge in [0.2, 0.25) is 15.9 Å². The topological polar surface area (TPSA) is 78.5 Å². The van der Waals surface area contributed by atoms with Crippen molar-refractivity contribution in [2.24, 2.45) is 0 Å². The number of amides is 1. The zero-order chi connectivity index (χ0) is 16.7. The van der Waals surface area contributed by atoms with E-state index in [2.05, 4.69) is 10.6 Å². The molecule has 2 N–H and O–H groups in total. The Morgan fingerprint density at radius 3 is 2.72 bits per heavy atom. The van der Waals surface area contributed by atoms with Gasteiger partial charge in [0.05, 0.1) is 4.90 Å². The Labute approximate surface area is 154 Å². The fraction of sp³-hybridized carbons (Fsp3) is 0.588. The van der Waals surface area contributed by atoms with Crippen LogP contribution in [0.4, 0.5) is 5.69 Å². The van der Waals surface area contributed by atoms with Crippen LogP contribution >= 0.6 is 12.4 Å². The highest BCUT2D eigenvalue weighted by Crippen LogP contribution is 2.29. The van der Waals surface area contributed by atoms with Crippen LogP contribution in [-0.4, -0.2) is 43.8 Å². The van der Waals surface area contributed by atoms with Gasteiger partial charge in [-0.2, -0.15) is 4.31 Å². The van der Waals surface area contributed by atoms with Crippen LogP contribution in [0.2, 0.25) is 0 Å². The van der Waals surface area contributed by atoms with Gasteiger partial charge in [0, 0.05) is 37.3 Å². The maximum absolute atomic E-state index is 13.1. The third-order valence-corrected chi connectivity index (χ3v) is 7.19. The number of halogens is 1. The molecule has 0 spiro atoms. The Hall–Kier alpha value is -1.15. The number of anilines is 1. The number of sulfonamides is 1. The number of carbonyl (C=O) groups is 1. The van der Waals surface area contributed by atoms with Crippen molar-refractivity contribution in [3.63, 3.8) is 0 Å². The highest BCUT2D eigenvalue weighted by Gasteiger charge is 2.35. The van der Waals surface area contributed by atoms with Crippen molar-refractivity contribution in [1.29, 1.82) is 0 Å². The Morgan fingerprint density at radius 1 is 1.08 bits per heavy atom. The first-order valence-corrected chi connectivity index (χ1v) is 10.2. The molecule has 4 rings (SSSR count). The van der Waals surface area contributed by atoms with Gasteiger partial charge in [-0.3, -0.25) is 4.79 Å². The van der Waals surface area contributed by atoms with Gasteiger partial charge in [0.15, 0.2) is 0 Å². The molecule has 138 valence electrons. The molecular formula is C17H24ClN3O3S. The van der Waals surface area contributed by atoms with Crippen molar-refractivity contribution in [1.82, 2.24) is 9.62 Å². The van der Waals surface area contributed by atoms with E-state index >= 15 is 0 Å². The number of nitrogens with zero attached hydrogens (tertiary/aromatic N) is 1. The number of nitrogens with one attached hydrogen (secondary N) is 2. The molecule has 1 aromatic carbocycles. The summed E-state index contributed by atoms with van der Waals surface area (Å²) in [5.41, 5.74) is 1.66. The molecule has 0 aromatic heterocycles. The summed E-state index contributed by atoms with van der Waals surface area (Å²) in [5, 5.41) is 6.37. The predicted molar refractivity (Wildman–Crippen MR) is 98.6 cm³/mol. The van der Waals surface area contributed by atoms with E-state index in [-0.39, 0.29) is 24.4 Å². The van der Waals surface area contributed by atoms with Gasteiger partial charge in [-0.1, -0.05) is 0 Å². The Morgan fingerprint density at radius 2 is 1.88 bits per heavy atom. The molecule has 0 aliphatic carbocycles. The largest absolute Gasteiger partial charge is 0.326 e. The molecule has 25 heavy (non-hydrogen) atoms. The first-order valence-electron chi connectivity index (χ1n) is 8.71. The first kappa shape index (κ1) is 18.6. The predicted octanol–water partition coefficient (Wildman–Crippen LogP) is 1.90. The SMILES string of the molecule is Cl.O=C1CCCc2cc(S(=O)(=O)N3CCC4CCC(C3)N4)ccc2N1. The lowest BCUT2D eigenvalue weighted by Gasteiger charge is -2.24. The van der Waals surface area contributed by atoms with E-state index in [0.717, 1.165) is 43.4 Å². The van der Waals surface area contributed by atoms with E-state index < -0.39 is 10.0 Å². The molecular weight excluding hydrogens is 362 g/mol. The molecule has 0 saturated carbocycles. The molecule has 0 radical (unpaired) electrons. The van der Waals surface area contributed by atoms with Crippen LogP contribution in [0, 0.1) is 0 Å². The van der Waals surface area contributed by atoms with Crippen LogP contribution in [0.5, 0.6) is 0 Å². The quantitative estimate of drug-likeness (QED) is 0.815. The third kappa shape index (κ3) is 3.69. The van der Waals surface area contributed by atoms with E-state index in [4.69, 9.17) is 0 Å². The molecule has 2 fully saturated rings. The summed E-state index contributed by atoms with van der Waals surface area (Å²) in [7, 11) is -3.49. The Balaban J connectivity index is 0.00000182. The lowest BCUT2D eigenvalue weighted by molar-refractivity contribution is -0.116. The van der Waals surface area contributed by atoms with Crippen molar-refractivity contribution in [3.8, 4) is 0 Å². The second kappa shape index (κ2) is 7.23. The van der Waals surface area contributed by atoms with Gasteiger partial charge in [-0.05, 0) is 55.9 Å². The summed E-state index contributed by atoms with van der Waals surface area (Å²) in [6.07, 6.45) is 5.03. The number of hydrogen-bond acceptors (Lipinski definition) is 4. The maximum atomic E-state index is 13.1. The first-order chi connectivity index (χ1) is 11.5. The molecule has 1 aromatic rings. The van der Waals surface area contributed by atoms with Gasteiger partial charge in [-0.25, -0.2) is 8.42 Å². The fourth-order valence-electron chi connectivity index (χ4n) is 3.99. The number of rotatable bonds is 2. The summed E-state index contributed by atoms with van der Waals surface area (Å²) in [5.74, 6) is -0.000949. The maximum Gasteiger partial charge on any atom is 0.243 e. The van der Waals surface area contributed by atoms with Crippen LogP contribution in [0.3, 0.4) is 0 Å². The molecule has 2 atom stereocenters. The molecule has 6 nitrogen and oxygen atoms in total. The number of fused-ring (bicyclic) bond motifs is 3. The van der Waals surface area contributed by atoms with Gasteiger partial charge in [0.1, 0.15) is 0 Å². The molecule has 2 unspecified atom stereocenters. The van der Waals surface area contributed by atoms with E-state index in [0.29, 0.717) is 30.4 Å².